The topological polar surface area (TPSA) is 58.6 Å². The quantitative estimate of drug-likeness (QED) is 0.560. The first-order valence-electron chi connectivity index (χ1n) is 9.07. The van der Waals surface area contributed by atoms with Gasteiger partial charge in [0.2, 0.25) is 11.8 Å². The molecule has 1 fully saturated rings. The first kappa shape index (κ1) is 19.3. The molecule has 1 unspecified atom stereocenters. The number of para-hydroxylation sites is 1. The van der Waals surface area contributed by atoms with Crippen molar-refractivity contribution in [2.75, 3.05) is 30.9 Å². The summed E-state index contributed by atoms with van der Waals surface area (Å²) in [4.78, 5) is 27.5. The van der Waals surface area contributed by atoms with Crippen LogP contribution in [0.4, 0.5) is 5.69 Å². The second-order valence-corrected chi connectivity index (χ2v) is 7.29. The molecule has 2 aromatic rings. The Morgan fingerprint density at radius 2 is 1.93 bits per heavy atom. The van der Waals surface area contributed by atoms with Gasteiger partial charge in [-0.15, -0.1) is 11.8 Å². The number of rotatable bonds is 8. The van der Waals surface area contributed by atoms with Crippen LogP contribution in [0.25, 0.3) is 0 Å². The third-order valence-corrected chi connectivity index (χ3v) is 5.26. The largest absolute Gasteiger partial charge is 0.494 e. The number of hydrogen-bond donors (Lipinski definition) is 1. The second kappa shape index (κ2) is 9.46. The summed E-state index contributed by atoms with van der Waals surface area (Å²) in [7, 11) is 0. The highest BCUT2D eigenvalue weighted by Gasteiger charge is 2.34. The normalized spacial score (nSPS) is 16.4. The molecule has 6 heteroatoms. The van der Waals surface area contributed by atoms with Crippen molar-refractivity contribution in [3.05, 3.63) is 54.6 Å². The molecule has 1 aliphatic heterocycles. The predicted molar refractivity (Wildman–Crippen MR) is 108 cm³/mol. The zero-order valence-electron chi connectivity index (χ0n) is 15.4. The molecule has 1 saturated heterocycles. The summed E-state index contributed by atoms with van der Waals surface area (Å²) < 4.78 is 5.61. The average molecular weight is 385 g/mol. The van der Waals surface area contributed by atoms with Crippen LogP contribution in [0.2, 0.25) is 0 Å². The summed E-state index contributed by atoms with van der Waals surface area (Å²) >= 11 is 1.66. The van der Waals surface area contributed by atoms with E-state index in [1.54, 1.807) is 16.7 Å². The molecule has 1 N–H and O–H groups in total. The molecule has 0 bridgehead atoms. The fraction of sp³-hybridized carbons (Fsp3) is 0.333. The molecule has 142 valence electrons. The second-order valence-electron chi connectivity index (χ2n) is 6.41. The van der Waals surface area contributed by atoms with Crippen LogP contribution in [0, 0.1) is 5.92 Å². The number of carbonyl (C=O) groups is 2. The Morgan fingerprint density at radius 1 is 1.19 bits per heavy atom. The van der Waals surface area contributed by atoms with Gasteiger partial charge in [-0.1, -0.05) is 18.2 Å². The first-order chi connectivity index (χ1) is 13.2. The molecular formula is C21H24N2O3S. The van der Waals surface area contributed by atoms with Crippen LogP contribution in [0.5, 0.6) is 5.75 Å². The maximum Gasteiger partial charge on any atom is 0.227 e. The number of carbonyl (C=O) groups excluding carboxylic acids is 2. The monoisotopic (exact) mass is 384 g/mol. The van der Waals surface area contributed by atoms with Crippen molar-refractivity contribution >= 4 is 29.3 Å². The first-order valence-corrected chi connectivity index (χ1v) is 10.3. The summed E-state index contributed by atoms with van der Waals surface area (Å²) in [5, 5.41) is 2.92. The molecule has 1 atom stereocenters. The van der Waals surface area contributed by atoms with E-state index >= 15 is 0 Å². The van der Waals surface area contributed by atoms with Crippen molar-refractivity contribution in [2.24, 2.45) is 5.92 Å². The lowest BCUT2D eigenvalue weighted by Crippen LogP contribution is -2.34. The maximum atomic E-state index is 12.4. The van der Waals surface area contributed by atoms with Gasteiger partial charge in [-0.05, 0) is 49.1 Å². The molecule has 27 heavy (non-hydrogen) atoms. The minimum atomic E-state index is -0.298. The lowest BCUT2D eigenvalue weighted by Gasteiger charge is -2.17. The number of thioether (sulfide) groups is 1. The van der Waals surface area contributed by atoms with E-state index in [0.717, 1.165) is 22.8 Å². The molecule has 1 heterocycles. The van der Waals surface area contributed by atoms with Crippen molar-refractivity contribution in [2.45, 2.75) is 17.7 Å². The van der Waals surface area contributed by atoms with Crippen LogP contribution >= 0.6 is 11.8 Å². The lowest BCUT2D eigenvalue weighted by atomic mass is 10.1. The Bertz CT molecular complexity index is 765. The van der Waals surface area contributed by atoms with Gasteiger partial charge in [0, 0.05) is 30.1 Å². The van der Waals surface area contributed by atoms with E-state index in [0.29, 0.717) is 19.7 Å². The Morgan fingerprint density at radius 3 is 2.63 bits per heavy atom. The molecule has 0 radical (unpaired) electrons. The molecule has 0 saturated carbocycles. The highest BCUT2D eigenvalue weighted by molar-refractivity contribution is 7.98. The molecule has 5 nitrogen and oxygen atoms in total. The van der Waals surface area contributed by atoms with Gasteiger partial charge in [-0.2, -0.15) is 0 Å². The minimum Gasteiger partial charge on any atom is -0.494 e. The fourth-order valence-electron chi connectivity index (χ4n) is 3.03. The van der Waals surface area contributed by atoms with Gasteiger partial charge < -0.3 is 15.0 Å². The summed E-state index contributed by atoms with van der Waals surface area (Å²) in [6, 6.07) is 17.5. The number of amides is 2. The average Bonchev–Trinajstić information content (AvgIpc) is 3.10. The number of anilines is 1. The van der Waals surface area contributed by atoms with Gasteiger partial charge in [0.15, 0.2) is 0 Å². The van der Waals surface area contributed by atoms with Crippen molar-refractivity contribution in [1.29, 1.82) is 0 Å². The van der Waals surface area contributed by atoms with Crippen molar-refractivity contribution in [1.82, 2.24) is 5.32 Å². The Kier molecular flexibility index (Phi) is 6.76. The van der Waals surface area contributed by atoms with Gasteiger partial charge in [0.05, 0.1) is 12.5 Å². The van der Waals surface area contributed by atoms with Gasteiger partial charge in [-0.25, -0.2) is 0 Å². The zero-order valence-corrected chi connectivity index (χ0v) is 16.2. The Balaban J connectivity index is 1.42. The van der Waals surface area contributed by atoms with Gasteiger partial charge in [-0.3, -0.25) is 9.59 Å². The van der Waals surface area contributed by atoms with E-state index in [1.807, 2.05) is 60.9 Å². The van der Waals surface area contributed by atoms with Crippen LogP contribution in [0.3, 0.4) is 0 Å². The molecule has 2 amide bonds. The Labute approximate surface area is 164 Å². The van der Waals surface area contributed by atoms with E-state index in [4.69, 9.17) is 4.74 Å². The number of benzene rings is 2. The number of nitrogens with zero attached hydrogens (tertiary/aromatic N) is 1. The van der Waals surface area contributed by atoms with Crippen molar-refractivity contribution in [3.8, 4) is 5.75 Å². The van der Waals surface area contributed by atoms with E-state index in [1.165, 1.54) is 0 Å². The van der Waals surface area contributed by atoms with E-state index in [-0.39, 0.29) is 24.2 Å². The van der Waals surface area contributed by atoms with Crippen LogP contribution in [0.15, 0.2) is 59.5 Å². The molecule has 0 aromatic heterocycles. The summed E-state index contributed by atoms with van der Waals surface area (Å²) in [6.45, 7) is 1.52. The van der Waals surface area contributed by atoms with Crippen molar-refractivity contribution in [3.63, 3.8) is 0 Å². The highest BCUT2D eigenvalue weighted by Crippen LogP contribution is 2.27. The Hall–Kier alpha value is -2.47. The molecule has 0 spiro atoms. The summed E-state index contributed by atoms with van der Waals surface area (Å²) in [5.74, 6) is 0.465. The third kappa shape index (κ3) is 5.26. The van der Waals surface area contributed by atoms with E-state index < -0.39 is 0 Å². The summed E-state index contributed by atoms with van der Waals surface area (Å²) in [5.41, 5.74) is 0.851. The van der Waals surface area contributed by atoms with Gasteiger partial charge in [0.1, 0.15) is 5.75 Å². The number of hydrogen-bond acceptors (Lipinski definition) is 4. The molecule has 1 aliphatic rings. The van der Waals surface area contributed by atoms with Crippen molar-refractivity contribution < 1.29 is 14.3 Å². The summed E-state index contributed by atoms with van der Waals surface area (Å²) in [6.07, 6.45) is 3.00. The standard InChI is InChI=1S/C21H24N2O3S/c1-27-19-10-8-17(9-11-19)23-15-16(14-20(23)24)21(25)22-12-5-13-26-18-6-3-2-4-7-18/h2-4,6-11,16H,5,12-15H2,1H3,(H,22,25). The number of ether oxygens (including phenoxy) is 1. The molecule has 0 aliphatic carbocycles. The van der Waals surface area contributed by atoms with E-state index in [2.05, 4.69) is 5.32 Å². The molecule has 2 aromatic carbocycles. The van der Waals surface area contributed by atoms with Crippen LogP contribution < -0.4 is 15.0 Å². The van der Waals surface area contributed by atoms with Gasteiger partial charge in [0.25, 0.3) is 0 Å². The SMILES string of the molecule is CSc1ccc(N2CC(C(=O)NCCCOc3ccccc3)CC2=O)cc1. The molecular weight excluding hydrogens is 360 g/mol. The van der Waals surface area contributed by atoms with Crippen LogP contribution in [-0.2, 0) is 9.59 Å². The number of nitrogens with one attached hydrogen (secondary N) is 1. The third-order valence-electron chi connectivity index (χ3n) is 4.51. The maximum absolute atomic E-state index is 12.4. The highest BCUT2D eigenvalue weighted by atomic mass is 32.2. The zero-order chi connectivity index (χ0) is 19.1. The molecule has 3 rings (SSSR count). The van der Waals surface area contributed by atoms with Crippen LogP contribution in [0.1, 0.15) is 12.8 Å². The van der Waals surface area contributed by atoms with Gasteiger partial charge >= 0.3 is 0 Å². The minimum absolute atomic E-state index is 0.000498. The van der Waals surface area contributed by atoms with E-state index in [9.17, 15) is 9.59 Å². The fourth-order valence-corrected chi connectivity index (χ4v) is 3.44. The predicted octanol–water partition coefficient (Wildman–Crippen LogP) is 3.35. The smallest absolute Gasteiger partial charge is 0.227 e. The van der Waals surface area contributed by atoms with Crippen LogP contribution in [-0.4, -0.2) is 37.8 Å². The lowest BCUT2D eigenvalue weighted by molar-refractivity contribution is -0.126.